The molecule has 0 heterocycles. The van der Waals surface area contributed by atoms with Crippen LogP contribution < -0.4 is 10.1 Å². The van der Waals surface area contributed by atoms with E-state index in [9.17, 15) is 9.90 Å². The Balaban J connectivity index is 1.73. The zero-order valence-electron chi connectivity index (χ0n) is 13.4. The molecule has 5 nitrogen and oxygen atoms in total. The lowest BCUT2D eigenvalue weighted by molar-refractivity contribution is -0.114. The first-order valence-electron chi connectivity index (χ1n) is 7.93. The summed E-state index contributed by atoms with van der Waals surface area (Å²) in [6.07, 6.45) is 4.55. The largest absolute Gasteiger partial charge is 0.491 e. The van der Waals surface area contributed by atoms with Gasteiger partial charge in [-0.15, -0.1) is 0 Å². The van der Waals surface area contributed by atoms with Gasteiger partial charge in [0.2, 0.25) is 5.91 Å². The molecule has 5 heteroatoms. The molecule has 1 aliphatic rings. The van der Waals surface area contributed by atoms with Crippen molar-refractivity contribution in [2.75, 3.05) is 25.5 Å². The number of nitrogens with one attached hydrogen (secondary N) is 1. The Morgan fingerprint density at radius 3 is 2.59 bits per heavy atom. The van der Waals surface area contributed by atoms with E-state index in [1.807, 2.05) is 0 Å². The lowest BCUT2D eigenvalue weighted by Gasteiger charge is -2.26. The second kappa shape index (κ2) is 8.15. The molecule has 0 aromatic heterocycles. The molecule has 0 spiro atoms. The number of amides is 1. The van der Waals surface area contributed by atoms with Crippen molar-refractivity contribution >= 4 is 11.6 Å². The average molecular weight is 306 g/mol. The molecule has 0 bridgehead atoms. The quantitative estimate of drug-likeness (QED) is 0.811. The van der Waals surface area contributed by atoms with Crippen molar-refractivity contribution in [1.82, 2.24) is 4.90 Å². The van der Waals surface area contributed by atoms with Crippen molar-refractivity contribution in [2.45, 2.75) is 44.8 Å². The van der Waals surface area contributed by atoms with Crippen molar-refractivity contribution in [2.24, 2.45) is 0 Å². The minimum Gasteiger partial charge on any atom is -0.491 e. The zero-order valence-corrected chi connectivity index (χ0v) is 13.4. The summed E-state index contributed by atoms with van der Waals surface area (Å²) in [6.45, 7) is 2.38. The fourth-order valence-corrected chi connectivity index (χ4v) is 2.91. The number of anilines is 1. The topological polar surface area (TPSA) is 61.8 Å². The highest BCUT2D eigenvalue weighted by Crippen LogP contribution is 2.22. The lowest BCUT2D eigenvalue weighted by atomic mass is 10.2. The molecule has 1 aliphatic carbocycles. The molecule has 1 saturated carbocycles. The predicted octanol–water partition coefficient (Wildman–Crippen LogP) is 2.26. The van der Waals surface area contributed by atoms with E-state index in [2.05, 4.69) is 17.3 Å². The number of benzene rings is 1. The van der Waals surface area contributed by atoms with Crippen LogP contribution in [0.2, 0.25) is 0 Å². The number of likely N-dealkylation sites (N-methyl/N-ethyl adjacent to an activating group) is 1. The number of nitrogens with zero attached hydrogens (tertiary/aromatic N) is 1. The van der Waals surface area contributed by atoms with E-state index < -0.39 is 6.10 Å². The molecule has 2 N–H and O–H groups in total. The van der Waals surface area contributed by atoms with Crippen LogP contribution >= 0.6 is 0 Å². The van der Waals surface area contributed by atoms with Crippen molar-refractivity contribution in [3.05, 3.63) is 24.3 Å². The van der Waals surface area contributed by atoms with Gasteiger partial charge in [-0.25, -0.2) is 0 Å². The van der Waals surface area contributed by atoms with E-state index in [0.29, 0.717) is 18.3 Å². The molecule has 1 amide bonds. The highest BCUT2D eigenvalue weighted by molar-refractivity contribution is 5.88. The van der Waals surface area contributed by atoms with Crippen LogP contribution in [0.3, 0.4) is 0 Å². The van der Waals surface area contributed by atoms with Crippen LogP contribution in [-0.4, -0.2) is 48.3 Å². The maximum absolute atomic E-state index is 10.9. The monoisotopic (exact) mass is 306 g/mol. The van der Waals surface area contributed by atoms with Crippen LogP contribution in [0, 0.1) is 0 Å². The fourth-order valence-electron chi connectivity index (χ4n) is 2.91. The van der Waals surface area contributed by atoms with Gasteiger partial charge in [-0.3, -0.25) is 4.79 Å². The highest BCUT2D eigenvalue weighted by Gasteiger charge is 2.21. The Morgan fingerprint density at radius 1 is 1.36 bits per heavy atom. The molecule has 1 aromatic rings. The summed E-state index contributed by atoms with van der Waals surface area (Å²) < 4.78 is 5.60. The smallest absolute Gasteiger partial charge is 0.221 e. The molecule has 22 heavy (non-hydrogen) atoms. The first-order valence-corrected chi connectivity index (χ1v) is 7.93. The number of hydrogen-bond donors (Lipinski definition) is 2. The standard InChI is InChI=1S/C17H26N2O3/c1-13(20)18-14-7-9-17(10-8-14)22-12-16(21)11-19(2)15-5-3-4-6-15/h7-10,15-16,21H,3-6,11-12H2,1-2H3,(H,18,20). The van der Waals surface area contributed by atoms with Crippen molar-refractivity contribution in [1.29, 1.82) is 0 Å². The molecule has 122 valence electrons. The summed E-state index contributed by atoms with van der Waals surface area (Å²) in [5.74, 6) is 0.593. The zero-order chi connectivity index (χ0) is 15.9. The summed E-state index contributed by atoms with van der Waals surface area (Å²) in [7, 11) is 2.07. The summed E-state index contributed by atoms with van der Waals surface area (Å²) in [5, 5.41) is 12.8. The van der Waals surface area contributed by atoms with Gasteiger partial charge in [0.15, 0.2) is 0 Å². The van der Waals surface area contributed by atoms with Gasteiger partial charge in [-0.05, 0) is 44.2 Å². The molecular weight excluding hydrogens is 280 g/mol. The van der Waals surface area contributed by atoms with E-state index in [0.717, 1.165) is 5.69 Å². The third kappa shape index (κ3) is 5.31. The molecule has 1 aromatic carbocycles. The van der Waals surface area contributed by atoms with Gasteiger partial charge in [0.1, 0.15) is 18.5 Å². The van der Waals surface area contributed by atoms with Crippen LogP contribution in [0.15, 0.2) is 24.3 Å². The summed E-state index contributed by atoms with van der Waals surface area (Å²) >= 11 is 0. The molecule has 1 atom stereocenters. The number of carbonyl (C=O) groups is 1. The fraction of sp³-hybridized carbons (Fsp3) is 0.588. The minimum absolute atomic E-state index is 0.0981. The van der Waals surface area contributed by atoms with E-state index in [4.69, 9.17) is 4.74 Å². The van der Waals surface area contributed by atoms with Gasteiger partial charge in [0.05, 0.1) is 0 Å². The van der Waals surface area contributed by atoms with Gasteiger partial charge in [0, 0.05) is 25.2 Å². The van der Waals surface area contributed by atoms with Gasteiger partial charge in [0.25, 0.3) is 0 Å². The number of aliphatic hydroxyl groups is 1. The molecule has 1 fully saturated rings. The van der Waals surface area contributed by atoms with Crippen LogP contribution in [0.25, 0.3) is 0 Å². The highest BCUT2D eigenvalue weighted by atomic mass is 16.5. The Labute approximate surface area is 132 Å². The van der Waals surface area contributed by atoms with Crippen molar-refractivity contribution < 1.29 is 14.6 Å². The lowest BCUT2D eigenvalue weighted by Crippen LogP contribution is -2.38. The second-order valence-electron chi connectivity index (χ2n) is 6.05. The summed E-state index contributed by atoms with van der Waals surface area (Å²) in [4.78, 5) is 13.2. The molecule has 2 rings (SSSR count). The van der Waals surface area contributed by atoms with Crippen LogP contribution in [0.4, 0.5) is 5.69 Å². The normalized spacial score (nSPS) is 16.7. The van der Waals surface area contributed by atoms with Gasteiger partial charge in [-0.1, -0.05) is 12.8 Å². The maximum atomic E-state index is 10.9. The van der Waals surface area contributed by atoms with Crippen LogP contribution in [0.5, 0.6) is 5.75 Å². The first-order chi connectivity index (χ1) is 10.5. The predicted molar refractivity (Wildman–Crippen MR) is 87.1 cm³/mol. The summed E-state index contributed by atoms with van der Waals surface area (Å²) in [6, 6.07) is 7.75. The number of hydrogen-bond acceptors (Lipinski definition) is 4. The maximum Gasteiger partial charge on any atom is 0.221 e. The Morgan fingerprint density at radius 2 is 2.00 bits per heavy atom. The Bertz CT molecular complexity index is 469. The van der Waals surface area contributed by atoms with E-state index >= 15 is 0 Å². The van der Waals surface area contributed by atoms with E-state index in [1.54, 1.807) is 24.3 Å². The molecule has 0 aliphatic heterocycles. The SMILES string of the molecule is CC(=O)Nc1ccc(OCC(O)CN(C)C2CCCC2)cc1. The minimum atomic E-state index is -0.499. The van der Waals surface area contributed by atoms with Gasteiger partial charge in [-0.2, -0.15) is 0 Å². The van der Waals surface area contributed by atoms with E-state index in [-0.39, 0.29) is 12.5 Å². The van der Waals surface area contributed by atoms with Crippen molar-refractivity contribution in [3.63, 3.8) is 0 Å². The number of ether oxygens (including phenoxy) is 1. The first kappa shape index (κ1) is 16.8. The number of aliphatic hydroxyl groups excluding tert-OH is 1. The van der Waals surface area contributed by atoms with Crippen LogP contribution in [0.1, 0.15) is 32.6 Å². The third-order valence-corrected chi connectivity index (χ3v) is 4.06. The number of rotatable bonds is 7. The summed E-state index contributed by atoms with van der Waals surface area (Å²) in [5.41, 5.74) is 0.737. The Kier molecular flexibility index (Phi) is 6.21. The van der Waals surface area contributed by atoms with Crippen LogP contribution in [-0.2, 0) is 4.79 Å². The van der Waals surface area contributed by atoms with Crippen molar-refractivity contribution in [3.8, 4) is 5.75 Å². The van der Waals surface area contributed by atoms with E-state index in [1.165, 1.54) is 32.6 Å². The Hall–Kier alpha value is -1.59. The van der Waals surface area contributed by atoms with Gasteiger partial charge < -0.3 is 20.1 Å². The number of carbonyl (C=O) groups excluding carboxylic acids is 1. The molecule has 0 saturated heterocycles. The molecule has 1 unspecified atom stereocenters. The molecular formula is C17H26N2O3. The third-order valence-electron chi connectivity index (χ3n) is 4.06. The average Bonchev–Trinajstić information content (AvgIpc) is 3.00. The van der Waals surface area contributed by atoms with Gasteiger partial charge >= 0.3 is 0 Å². The molecule has 0 radical (unpaired) electrons. The second-order valence-corrected chi connectivity index (χ2v) is 6.05.